The minimum Gasteiger partial charge on any atom is -0.467 e. The Morgan fingerprint density at radius 3 is 2.58 bits per heavy atom. The van der Waals surface area contributed by atoms with E-state index < -0.39 is 30.5 Å². The molecule has 0 bridgehead atoms. The molecule has 24 heavy (non-hydrogen) atoms. The fourth-order valence-corrected chi connectivity index (χ4v) is 2.10. The topological polar surface area (TPSA) is 108 Å². The Bertz CT molecular complexity index is 620. The highest BCUT2D eigenvalue weighted by atomic mass is 35.5. The molecule has 8 heteroatoms. The maximum Gasteiger partial charge on any atom is 0.340 e. The first-order valence-corrected chi connectivity index (χ1v) is 7.77. The molecular weight excluding hydrogens is 336 g/mol. The third-order valence-corrected chi connectivity index (χ3v) is 3.79. The number of nitrogen functional groups attached to an aromatic ring is 1. The molecule has 0 aliphatic carbocycles. The molecule has 1 rings (SSSR count). The summed E-state index contributed by atoms with van der Waals surface area (Å²) in [4.78, 5) is 35.6. The van der Waals surface area contributed by atoms with Crippen LogP contribution >= 0.6 is 11.6 Å². The maximum absolute atomic E-state index is 12.0. The van der Waals surface area contributed by atoms with Crippen LogP contribution < -0.4 is 11.1 Å². The summed E-state index contributed by atoms with van der Waals surface area (Å²) in [6, 6.07) is 3.55. The Kier molecular flexibility index (Phi) is 7.51. The van der Waals surface area contributed by atoms with Gasteiger partial charge in [0.2, 0.25) is 0 Å². The van der Waals surface area contributed by atoms with Crippen LogP contribution in [0.25, 0.3) is 0 Å². The Morgan fingerprint density at radius 1 is 1.33 bits per heavy atom. The molecule has 2 atom stereocenters. The van der Waals surface area contributed by atoms with E-state index in [1.807, 2.05) is 6.92 Å². The number of nitrogens with two attached hydrogens (primary N) is 1. The van der Waals surface area contributed by atoms with Gasteiger partial charge in [-0.25, -0.2) is 9.59 Å². The first-order valence-electron chi connectivity index (χ1n) is 7.39. The molecule has 0 saturated heterocycles. The lowest BCUT2D eigenvalue weighted by molar-refractivity contribution is -0.147. The van der Waals surface area contributed by atoms with Crippen molar-refractivity contribution < 1.29 is 23.9 Å². The van der Waals surface area contributed by atoms with Gasteiger partial charge >= 0.3 is 11.9 Å². The van der Waals surface area contributed by atoms with Crippen LogP contribution in [0, 0.1) is 5.92 Å². The van der Waals surface area contributed by atoms with Crippen LogP contribution in [0.1, 0.15) is 30.6 Å². The summed E-state index contributed by atoms with van der Waals surface area (Å²) in [7, 11) is 1.24. The third kappa shape index (κ3) is 5.42. The maximum atomic E-state index is 12.0. The van der Waals surface area contributed by atoms with Crippen molar-refractivity contribution in [1.82, 2.24) is 5.32 Å². The molecule has 0 aliphatic rings. The van der Waals surface area contributed by atoms with E-state index in [-0.39, 0.29) is 17.2 Å². The monoisotopic (exact) mass is 356 g/mol. The summed E-state index contributed by atoms with van der Waals surface area (Å²) < 4.78 is 9.58. The summed E-state index contributed by atoms with van der Waals surface area (Å²) in [5.74, 6) is -2.06. The summed E-state index contributed by atoms with van der Waals surface area (Å²) in [5, 5.41) is 2.83. The molecular formula is C16H21ClN2O5. The lowest BCUT2D eigenvalue weighted by Crippen LogP contribution is -2.47. The largest absolute Gasteiger partial charge is 0.467 e. The van der Waals surface area contributed by atoms with E-state index in [1.165, 1.54) is 25.3 Å². The average Bonchev–Trinajstić information content (AvgIpc) is 2.58. The Labute approximate surface area is 145 Å². The van der Waals surface area contributed by atoms with Gasteiger partial charge in [0.25, 0.3) is 5.91 Å². The van der Waals surface area contributed by atoms with Gasteiger partial charge in [-0.3, -0.25) is 4.79 Å². The highest BCUT2D eigenvalue weighted by Crippen LogP contribution is 2.18. The predicted octanol–water partition coefficient (Wildman–Crippen LogP) is 1.78. The fraction of sp³-hybridized carbons (Fsp3) is 0.438. The van der Waals surface area contributed by atoms with Crippen LogP contribution in [0.2, 0.25) is 5.02 Å². The van der Waals surface area contributed by atoms with Crippen LogP contribution in [0.15, 0.2) is 18.2 Å². The normalized spacial score (nSPS) is 12.8. The van der Waals surface area contributed by atoms with Crippen LogP contribution in [-0.2, 0) is 19.1 Å². The molecule has 1 aromatic carbocycles. The molecule has 0 spiro atoms. The number of hydrogen-bond donors (Lipinski definition) is 2. The number of rotatable bonds is 7. The van der Waals surface area contributed by atoms with Gasteiger partial charge < -0.3 is 20.5 Å². The Hall–Kier alpha value is -2.28. The van der Waals surface area contributed by atoms with E-state index in [9.17, 15) is 14.4 Å². The molecule has 132 valence electrons. The molecule has 0 aliphatic heterocycles. The lowest BCUT2D eigenvalue weighted by atomic mass is 9.99. The Balaban J connectivity index is 2.66. The molecule has 0 radical (unpaired) electrons. The number of nitrogens with one attached hydrogen (secondary N) is 1. The van der Waals surface area contributed by atoms with E-state index in [0.29, 0.717) is 11.4 Å². The van der Waals surface area contributed by atoms with Crippen molar-refractivity contribution in [3.8, 4) is 0 Å². The zero-order valence-electron chi connectivity index (χ0n) is 13.8. The summed E-state index contributed by atoms with van der Waals surface area (Å²) >= 11 is 5.80. The van der Waals surface area contributed by atoms with Gasteiger partial charge in [-0.15, -0.1) is 0 Å². The number of carbonyl (C=O) groups is 3. The smallest absolute Gasteiger partial charge is 0.340 e. The minimum absolute atomic E-state index is 0.0711. The van der Waals surface area contributed by atoms with E-state index in [2.05, 4.69) is 10.1 Å². The van der Waals surface area contributed by atoms with Crippen molar-refractivity contribution in [3.63, 3.8) is 0 Å². The molecule has 0 heterocycles. The molecule has 0 saturated carbocycles. The van der Waals surface area contributed by atoms with Gasteiger partial charge in [-0.2, -0.15) is 0 Å². The number of benzene rings is 1. The van der Waals surface area contributed by atoms with Crippen molar-refractivity contribution in [2.24, 2.45) is 5.92 Å². The second kappa shape index (κ2) is 9.12. The second-order valence-electron chi connectivity index (χ2n) is 5.26. The average molecular weight is 357 g/mol. The summed E-state index contributed by atoms with van der Waals surface area (Å²) in [6.07, 6.45) is 0.666. The zero-order valence-corrected chi connectivity index (χ0v) is 14.6. The molecule has 0 fully saturated rings. The molecule has 0 unspecified atom stereocenters. The number of esters is 2. The van der Waals surface area contributed by atoms with E-state index in [0.717, 1.165) is 0 Å². The van der Waals surface area contributed by atoms with Crippen molar-refractivity contribution >= 4 is 35.1 Å². The van der Waals surface area contributed by atoms with Crippen molar-refractivity contribution in [1.29, 1.82) is 0 Å². The number of halogens is 1. The van der Waals surface area contributed by atoms with E-state index in [4.69, 9.17) is 22.1 Å². The number of ether oxygens (including phenoxy) is 2. The standard InChI is InChI=1S/C16H21ClN2O5/c1-4-9(2)14(16(22)23-3)19-13(20)8-24-15(21)11-7-10(17)5-6-12(11)18/h5-7,9,14H,4,8,18H2,1-3H3,(H,19,20)/t9-,14-/m1/s1. The Morgan fingerprint density at radius 2 is 2.00 bits per heavy atom. The van der Waals surface area contributed by atoms with Crippen molar-refractivity contribution in [2.75, 3.05) is 19.5 Å². The number of anilines is 1. The van der Waals surface area contributed by atoms with E-state index in [1.54, 1.807) is 6.92 Å². The lowest BCUT2D eigenvalue weighted by Gasteiger charge is -2.21. The molecule has 7 nitrogen and oxygen atoms in total. The predicted molar refractivity (Wildman–Crippen MR) is 89.5 cm³/mol. The van der Waals surface area contributed by atoms with Crippen LogP contribution in [0.3, 0.4) is 0 Å². The second-order valence-corrected chi connectivity index (χ2v) is 5.70. The quantitative estimate of drug-likeness (QED) is 0.569. The molecule has 1 amide bonds. The van der Waals surface area contributed by atoms with Gasteiger partial charge in [0.05, 0.1) is 12.7 Å². The van der Waals surface area contributed by atoms with Gasteiger partial charge in [0, 0.05) is 10.7 Å². The summed E-state index contributed by atoms with van der Waals surface area (Å²) in [5.41, 5.74) is 5.93. The first kappa shape index (κ1) is 19.8. The van der Waals surface area contributed by atoms with Gasteiger partial charge in [-0.05, 0) is 24.1 Å². The molecule has 0 aromatic heterocycles. The van der Waals surface area contributed by atoms with Crippen LogP contribution in [0.4, 0.5) is 5.69 Å². The number of hydrogen-bond acceptors (Lipinski definition) is 6. The number of amides is 1. The van der Waals surface area contributed by atoms with E-state index >= 15 is 0 Å². The van der Waals surface area contributed by atoms with Gasteiger partial charge in [0.15, 0.2) is 6.61 Å². The fourth-order valence-electron chi connectivity index (χ4n) is 1.93. The van der Waals surface area contributed by atoms with Crippen molar-refractivity contribution in [3.05, 3.63) is 28.8 Å². The highest BCUT2D eigenvalue weighted by molar-refractivity contribution is 6.31. The SMILES string of the molecule is CC[C@@H](C)[C@@H](NC(=O)COC(=O)c1cc(Cl)ccc1N)C(=O)OC. The van der Waals surface area contributed by atoms with Crippen molar-refractivity contribution in [2.45, 2.75) is 26.3 Å². The minimum atomic E-state index is -0.803. The molecule has 1 aromatic rings. The van der Waals surface area contributed by atoms with Crippen LogP contribution in [0.5, 0.6) is 0 Å². The summed E-state index contributed by atoms with van der Waals surface area (Å²) in [6.45, 7) is 3.14. The molecule has 3 N–H and O–H groups in total. The third-order valence-electron chi connectivity index (χ3n) is 3.55. The van der Waals surface area contributed by atoms with Gasteiger partial charge in [-0.1, -0.05) is 31.9 Å². The number of carbonyl (C=O) groups excluding carboxylic acids is 3. The van der Waals surface area contributed by atoms with Gasteiger partial charge in [0.1, 0.15) is 6.04 Å². The highest BCUT2D eigenvalue weighted by Gasteiger charge is 2.27. The zero-order chi connectivity index (χ0) is 18.3. The number of methoxy groups -OCH3 is 1. The van der Waals surface area contributed by atoms with Crippen LogP contribution in [-0.4, -0.2) is 37.6 Å². The first-order chi connectivity index (χ1) is 11.3.